The first-order valence-corrected chi connectivity index (χ1v) is 9.83. The molecule has 0 saturated heterocycles. The topological polar surface area (TPSA) is 17.3 Å². The van der Waals surface area contributed by atoms with Gasteiger partial charge in [-0.05, 0) is 40.1 Å². The van der Waals surface area contributed by atoms with Crippen LogP contribution >= 0.6 is 0 Å². The SMILES string of the molecule is c1ccc2c(-c3ccc(-c4cc5ccc6ccccc6n5n4)cc3)cccc2c1. The van der Waals surface area contributed by atoms with Crippen molar-refractivity contribution >= 4 is 27.2 Å². The van der Waals surface area contributed by atoms with Gasteiger partial charge in [0, 0.05) is 10.9 Å². The highest BCUT2D eigenvalue weighted by molar-refractivity contribution is 5.96. The smallest absolute Gasteiger partial charge is 0.0933 e. The minimum absolute atomic E-state index is 0.992. The van der Waals surface area contributed by atoms with Crippen LogP contribution in [0.2, 0.25) is 0 Å². The molecule has 0 amide bonds. The van der Waals surface area contributed by atoms with Crippen molar-refractivity contribution in [3.05, 3.63) is 109 Å². The number of hydrogen-bond donors (Lipinski definition) is 0. The lowest BCUT2D eigenvalue weighted by molar-refractivity contribution is 1.01. The molecule has 0 aliphatic rings. The Balaban J connectivity index is 1.45. The van der Waals surface area contributed by atoms with E-state index in [1.165, 1.54) is 27.3 Å². The molecular weight excluding hydrogens is 352 g/mol. The molecule has 0 fully saturated rings. The van der Waals surface area contributed by atoms with Crippen molar-refractivity contribution in [3.8, 4) is 22.4 Å². The summed E-state index contributed by atoms with van der Waals surface area (Å²) in [7, 11) is 0. The highest BCUT2D eigenvalue weighted by Crippen LogP contribution is 2.30. The molecule has 0 atom stereocenters. The normalized spacial score (nSPS) is 11.4. The van der Waals surface area contributed by atoms with Gasteiger partial charge in [-0.3, -0.25) is 0 Å². The van der Waals surface area contributed by atoms with Crippen molar-refractivity contribution in [1.82, 2.24) is 9.61 Å². The van der Waals surface area contributed by atoms with Crippen LogP contribution in [0, 0.1) is 0 Å². The van der Waals surface area contributed by atoms with E-state index < -0.39 is 0 Å². The highest BCUT2D eigenvalue weighted by Gasteiger charge is 2.08. The summed E-state index contributed by atoms with van der Waals surface area (Å²) in [5.74, 6) is 0. The average molecular weight is 370 g/mol. The van der Waals surface area contributed by atoms with Gasteiger partial charge < -0.3 is 0 Å². The van der Waals surface area contributed by atoms with Gasteiger partial charge in [-0.2, -0.15) is 5.10 Å². The second-order valence-corrected chi connectivity index (χ2v) is 7.36. The van der Waals surface area contributed by atoms with Gasteiger partial charge in [-0.1, -0.05) is 91.0 Å². The summed E-state index contributed by atoms with van der Waals surface area (Å²) >= 11 is 0. The van der Waals surface area contributed by atoms with Crippen molar-refractivity contribution in [1.29, 1.82) is 0 Å². The third kappa shape index (κ3) is 2.61. The van der Waals surface area contributed by atoms with Crippen molar-refractivity contribution < 1.29 is 0 Å². The molecule has 0 saturated carbocycles. The first-order valence-electron chi connectivity index (χ1n) is 9.83. The Labute approximate surface area is 168 Å². The van der Waals surface area contributed by atoms with Crippen LogP contribution in [0.5, 0.6) is 0 Å². The van der Waals surface area contributed by atoms with Gasteiger partial charge in [-0.15, -0.1) is 0 Å². The molecule has 0 bridgehead atoms. The molecule has 2 heteroatoms. The number of para-hydroxylation sites is 1. The van der Waals surface area contributed by atoms with E-state index >= 15 is 0 Å². The highest BCUT2D eigenvalue weighted by atomic mass is 15.2. The molecule has 0 N–H and O–H groups in total. The van der Waals surface area contributed by atoms with E-state index in [2.05, 4.69) is 109 Å². The molecule has 0 aliphatic carbocycles. The Morgan fingerprint density at radius 3 is 2.17 bits per heavy atom. The number of hydrogen-bond acceptors (Lipinski definition) is 1. The third-order valence-corrected chi connectivity index (χ3v) is 5.62. The van der Waals surface area contributed by atoms with Gasteiger partial charge in [0.1, 0.15) is 0 Å². The number of aromatic nitrogens is 2. The van der Waals surface area contributed by atoms with Crippen LogP contribution in [0.25, 0.3) is 49.6 Å². The minimum atomic E-state index is 0.992. The summed E-state index contributed by atoms with van der Waals surface area (Å²) in [4.78, 5) is 0. The van der Waals surface area contributed by atoms with Crippen molar-refractivity contribution in [2.24, 2.45) is 0 Å². The molecule has 2 nitrogen and oxygen atoms in total. The molecule has 0 spiro atoms. The van der Waals surface area contributed by atoms with Crippen LogP contribution in [0.15, 0.2) is 109 Å². The van der Waals surface area contributed by atoms with Crippen LogP contribution in [-0.2, 0) is 0 Å². The van der Waals surface area contributed by atoms with Crippen LogP contribution < -0.4 is 0 Å². The molecule has 0 unspecified atom stereocenters. The summed E-state index contributed by atoms with van der Waals surface area (Å²) in [6.07, 6.45) is 0. The third-order valence-electron chi connectivity index (χ3n) is 5.62. The number of nitrogens with zero attached hydrogens (tertiary/aromatic N) is 2. The van der Waals surface area contributed by atoms with Gasteiger partial charge in [0.05, 0.1) is 16.7 Å². The maximum atomic E-state index is 4.88. The zero-order valence-corrected chi connectivity index (χ0v) is 15.8. The molecule has 6 rings (SSSR count). The van der Waals surface area contributed by atoms with E-state index in [9.17, 15) is 0 Å². The van der Waals surface area contributed by atoms with Gasteiger partial charge in [0.2, 0.25) is 0 Å². The van der Waals surface area contributed by atoms with Crippen LogP contribution in [0.1, 0.15) is 0 Å². The zero-order valence-electron chi connectivity index (χ0n) is 15.8. The van der Waals surface area contributed by atoms with E-state index in [4.69, 9.17) is 5.10 Å². The summed E-state index contributed by atoms with van der Waals surface area (Å²) in [6.45, 7) is 0. The fourth-order valence-electron chi connectivity index (χ4n) is 4.14. The van der Waals surface area contributed by atoms with Crippen LogP contribution in [0.4, 0.5) is 0 Å². The van der Waals surface area contributed by atoms with Crippen molar-refractivity contribution in [2.45, 2.75) is 0 Å². The number of pyridine rings is 1. The van der Waals surface area contributed by atoms with Crippen LogP contribution in [-0.4, -0.2) is 9.61 Å². The fourth-order valence-corrected chi connectivity index (χ4v) is 4.14. The second kappa shape index (κ2) is 6.32. The standard InChI is InChI=1S/C27H18N2/c1-3-9-24-19(6-1)8-5-10-25(24)20-12-14-21(15-13-20)26-18-23-17-16-22-7-2-4-11-27(22)29(23)28-26/h1-18H. The van der Waals surface area contributed by atoms with E-state index in [0.717, 1.165) is 22.3 Å². The Morgan fingerprint density at radius 2 is 1.28 bits per heavy atom. The lowest BCUT2D eigenvalue weighted by Gasteiger charge is -2.07. The number of benzene rings is 4. The monoisotopic (exact) mass is 370 g/mol. The van der Waals surface area contributed by atoms with Crippen molar-refractivity contribution in [3.63, 3.8) is 0 Å². The predicted molar refractivity (Wildman–Crippen MR) is 121 cm³/mol. The number of rotatable bonds is 2. The molecule has 0 aliphatic heterocycles. The Hall–Kier alpha value is -3.91. The lowest BCUT2D eigenvalue weighted by Crippen LogP contribution is -1.90. The van der Waals surface area contributed by atoms with E-state index in [1.54, 1.807) is 0 Å². The fraction of sp³-hybridized carbons (Fsp3) is 0. The molecule has 136 valence electrons. The Morgan fingerprint density at radius 1 is 0.552 bits per heavy atom. The van der Waals surface area contributed by atoms with Crippen molar-refractivity contribution in [2.75, 3.05) is 0 Å². The lowest BCUT2D eigenvalue weighted by atomic mass is 9.97. The minimum Gasteiger partial charge on any atom is -0.232 e. The van der Waals surface area contributed by atoms with Crippen LogP contribution in [0.3, 0.4) is 0 Å². The van der Waals surface area contributed by atoms with E-state index in [0.29, 0.717) is 0 Å². The quantitative estimate of drug-likeness (QED) is 0.321. The van der Waals surface area contributed by atoms with Gasteiger partial charge in [-0.25, -0.2) is 4.52 Å². The zero-order chi connectivity index (χ0) is 19.2. The van der Waals surface area contributed by atoms with E-state index in [-0.39, 0.29) is 0 Å². The first-order chi connectivity index (χ1) is 14.4. The largest absolute Gasteiger partial charge is 0.232 e. The Kier molecular flexibility index (Phi) is 3.50. The Bertz CT molecular complexity index is 1490. The second-order valence-electron chi connectivity index (χ2n) is 7.36. The molecule has 2 aromatic heterocycles. The molecule has 6 aromatic rings. The molecule has 4 aromatic carbocycles. The maximum Gasteiger partial charge on any atom is 0.0933 e. The molecular formula is C27H18N2. The predicted octanol–water partition coefficient (Wildman–Crippen LogP) is 6.97. The van der Waals surface area contributed by atoms with Gasteiger partial charge in [0.25, 0.3) is 0 Å². The summed E-state index contributed by atoms with van der Waals surface area (Å²) in [6, 6.07) is 38.5. The van der Waals surface area contributed by atoms with E-state index in [1.807, 2.05) is 4.52 Å². The average Bonchev–Trinajstić information content (AvgIpc) is 3.24. The number of fused-ring (bicyclic) bond motifs is 4. The first kappa shape index (κ1) is 16.1. The molecule has 2 heterocycles. The molecule has 29 heavy (non-hydrogen) atoms. The molecule has 0 radical (unpaired) electrons. The van der Waals surface area contributed by atoms with Gasteiger partial charge >= 0.3 is 0 Å². The maximum absolute atomic E-state index is 4.88. The van der Waals surface area contributed by atoms with Gasteiger partial charge in [0.15, 0.2) is 0 Å². The summed E-state index contributed by atoms with van der Waals surface area (Å²) < 4.78 is 2.03. The summed E-state index contributed by atoms with van der Waals surface area (Å²) in [5, 5.41) is 8.62. The summed E-state index contributed by atoms with van der Waals surface area (Å²) in [5.41, 5.74) is 6.84.